The second-order valence-corrected chi connectivity index (χ2v) is 6.08. The van der Waals surface area contributed by atoms with Crippen LogP contribution in [0.2, 0.25) is 0 Å². The molecule has 1 N–H and O–H groups in total. The average molecular weight is 248 g/mol. The normalized spacial score (nSPS) is 28.8. The summed E-state index contributed by atoms with van der Waals surface area (Å²) >= 11 is 0. The number of hydrogen-bond acceptors (Lipinski definition) is 3. The topological polar surface area (TPSA) is 33.1 Å². The lowest BCUT2D eigenvalue weighted by Crippen LogP contribution is -2.40. The SMILES string of the molecule is CC(C)n1cc(CN2C[C@@H]3CCCN[C@@H]3C2)cn1. The highest BCUT2D eigenvalue weighted by Gasteiger charge is 2.33. The van der Waals surface area contributed by atoms with Crippen LogP contribution in [0, 0.1) is 5.92 Å². The van der Waals surface area contributed by atoms with E-state index in [1.807, 2.05) is 6.20 Å². The van der Waals surface area contributed by atoms with E-state index in [9.17, 15) is 0 Å². The molecule has 3 heterocycles. The molecular formula is C14H24N4. The molecule has 2 saturated heterocycles. The first-order valence-corrected chi connectivity index (χ1v) is 7.21. The van der Waals surface area contributed by atoms with Gasteiger partial charge in [-0.15, -0.1) is 0 Å². The van der Waals surface area contributed by atoms with Crippen LogP contribution in [0.3, 0.4) is 0 Å². The Morgan fingerprint density at radius 2 is 2.33 bits per heavy atom. The number of hydrogen-bond donors (Lipinski definition) is 1. The summed E-state index contributed by atoms with van der Waals surface area (Å²) in [6.45, 7) is 9.07. The Morgan fingerprint density at radius 3 is 3.06 bits per heavy atom. The summed E-state index contributed by atoms with van der Waals surface area (Å²) in [4.78, 5) is 2.58. The quantitative estimate of drug-likeness (QED) is 0.883. The summed E-state index contributed by atoms with van der Waals surface area (Å²) in [6, 6.07) is 1.19. The third kappa shape index (κ3) is 2.45. The highest BCUT2D eigenvalue weighted by Crippen LogP contribution is 2.26. The fourth-order valence-corrected chi connectivity index (χ4v) is 3.26. The molecule has 0 unspecified atom stereocenters. The molecule has 1 aromatic rings. The minimum atomic E-state index is 0.460. The van der Waals surface area contributed by atoms with Crippen molar-refractivity contribution in [3.8, 4) is 0 Å². The molecule has 0 saturated carbocycles. The van der Waals surface area contributed by atoms with Gasteiger partial charge in [-0.1, -0.05) is 0 Å². The van der Waals surface area contributed by atoms with Crippen molar-refractivity contribution >= 4 is 0 Å². The van der Waals surface area contributed by atoms with E-state index in [0.29, 0.717) is 6.04 Å². The Labute approximate surface area is 109 Å². The Bertz CT molecular complexity index is 384. The van der Waals surface area contributed by atoms with Gasteiger partial charge in [0.2, 0.25) is 0 Å². The number of piperidine rings is 1. The Kier molecular flexibility index (Phi) is 3.39. The molecule has 4 nitrogen and oxygen atoms in total. The number of fused-ring (bicyclic) bond motifs is 1. The van der Waals surface area contributed by atoms with Crippen LogP contribution < -0.4 is 5.32 Å². The molecular weight excluding hydrogens is 224 g/mol. The predicted octanol–water partition coefficient (Wildman–Crippen LogP) is 1.65. The van der Waals surface area contributed by atoms with E-state index in [1.165, 1.54) is 38.0 Å². The molecule has 4 heteroatoms. The minimum Gasteiger partial charge on any atom is -0.312 e. The Morgan fingerprint density at radius 1 is 1.44 bits per heavy atom. The van der Waals surface area contributed by atoms with Crippen molar-refractivity contribution in [1.82, 2.24) is 20.0 Å². The summed E-state index contributed by atoms with van der Waals surface area (Å²) in [5, 5.41) is 8.08. The molecule has 2 fully saturated rings. The first kappa shape index (κ1) is 12.2. The van der Waals surface area contributed by atoms with Crippen molar-refractivity contribution in [3.63, 3.8) is 0 Å². The smallest absolute Gasteiger partial charge is 0.0534 e. The van der Waals surface area contributed by atoms with Gasteiger partial charge in [0.25, 0.3) is 0 Å². The summed E-state index contributed by atoms with van der Waals surface area (Å²) in [6.07, 6.45) is 6.97. The van der Waals surface area contributed by atoms with Crippen LogP contribution in [0.15, 0.2) is 12.4 Å². The summed E-state index contributed by atoms with van der Waals surface area (Å²) in [5.41, 5.74) is 1.35. The number of rotatable bonds is 3. The van der Waals surface area contributed by atoms with Crippen LogP contribution in [0.25, 0.3) is 0 Å². The standard InChI is InChI=1S/C14H24N4/c1-11(2)18-8-12(6-16-18)7-17-9-13-4-3-5-15-14(13)10-17/h6,8,11,13-15H,3-5,7,9-10H2,1-2H3/t13-,14+/m0/s1. The maximum Gasteiger partial charge on any atom is 0.0534 e. The highest BCUT2D eigenvalue weighted by atomic mass is 15.3. The van der Waals surface area contributed by atoms with Gasteiger partial charge >= 0.3 is 0 Å². The zero-order chi connectivity index (χ0) is 12.5. The zero-order valence-electron chi connectivity index (χ0n) is 11.5. The van der Waals surface area contributed by atoms with E-state index in [1.54, 1.807) is 0 Å². The van der Waals surface area contributed by atoms with Gasteiger partial charge in [-0.3, -0.25) is 9.58 Å². The zero-order valence-corrected chi connectivity index (χ0v) is 11.5. The summed E-state index contributed by atoms with van der Waals surface area (Å²) < 4.78 is 2.05. The number of nitrogens with one attached hydrogen (secondary N) is 1. The van der Waals surface area contributed by atoms with Gasteiger partial charge in [-0.2, -0.15) is 5.10 Å². The molecule has 1 aromatic heterocycles. The van der Waals surface area contributed by atoms with E-state index >= 15 is 0 Å². The lowest BCUT2D eigenvalue weighted by atomic mass is 9.94. The van der Waals surface area contributed by atoms with Gasteiger partial charge in [0.1, 0.15) is 0 Å². The van der Waals surface area contributed by atoms with Crippen LogP contribution in [0.1, 0.15) is 38.3 Å². The molecule has 100 valence electrons. The van der Waals surface area contributed by atoms with Crippen molar-refractivity contribution in [2.45, 2.75) is 45.3 Å². The van der Waals surface area contributed by atoms with Gasteiger partial charge in [-0.05, 0) is 39.2 Å². The van der Waals surface area contributed by atoms with Crippen LogP contribution >= 0.6 is 0 Å². The largest absolute Gasteiger partial charge is 0.312 e. The van der Waals surface area contributed by atoms with Gasteiger partial charge in [0, 0.05) is 43.5 Å². The van der Waals surface area contributed by atoms with E-state index < -0.39 is 0 Å². The van der Waals surface area contributed by atoms with Crippen molar-refractivity contribution in [2.24, 2.45) is 5.92 Å². The maximum atomic E-state index is 4.42. The molecule has 0 aromatic carbocycles. The van der Waals surface area contributed by atoms with E-state index in [2.05, 4.69) is 40.0 Å². The van der Waals surface area contributed by atoms with Crippen LogP contribution in [0.4, 0.5) is 0 Å². The Balaban J connectivity index is 1.59. The van der Waals surface area contributed by atoms with Crippen LogP contribution in [-0.2, 0) is 6.54 Å². The van der Waals surface area contributed by atoms with Gasteiger partial charge in [0.05, 0.1) is 6.20 Å². The molecule has 0 radical (unpaired) electrons. The van der Waals surface area contributed by atoms with Crippen molar-refractivity contribution in [2.75, 3.05) is 19.6 Å². The fraction of sp³-hybridized carbons (Fsp3) is 0.786. The third-order valence-electron chi connectivity index (χ3n) is 4.27. The Hall–Kier alpha value is -0.870. The second-order valence-electron chi connectivity index (χ2n) is 6.08. The predicted molar refractivity (Wildman–Crippen MR) is 72.4 cm³/mol. The minimum absolute atomic E-state index is 0.460. The van der Waals surface area contributed by atoms with Crippen LogP contribution in [0.5, 0.6) is 0 Å². The van der Waals surface area contributed by atoms with Gasteiger partial charge in [-0.25, -0.2) is 0 Å². The molecule has 18 heavy (non-hydrogen) atoms. The van der Waals surface area contributed by atoms with Crippen molar-refractivity contribution in [3.05, 3.63) is 18.0 Å². The van der Waals surface area contributed by atoms with Crippen LogP contribution in [-0.4, -0.2) is 40.4 Å². The molecule has 3 rings (SSSR count). The van der Waals surface area contributed by atoms with E-state index in [0.717, 1.165) is 18.5 Å². The lowest BCUT2D eigenvalue weighted by molar-refractivity contribution is 0.312. The maximum absolute atomic E-state index is 4.42. The molecule has 0 amide bonds. The molecule has 0 spiro atoms. The first-order chi connectivity index (χ1) is 8.72. The molecule has 2 aliphatic heterocycles. The van der Waals surface area contributed by atoms with Crippen molar-refractivity contribution in [1.29, 1.82) is 0 Å². The summed E-state index contributed by atoms with van der Waals surface area (Å²) in [7, 11) is 0. The molecule has 2 atom stereocenters. The second kappa shape index (κ2) is 5.02. The van der Waals surface area contributed by atoms with Gasteiger partial charge < -0.3 is 5.32 Å². The first-order valence-electron chi connectivity index (χ1n) is 7.21. The number of aromatic nitrogens is 2. The van der Waals surface area contributed by atoms with Gasteiger partial charge in [0.15, 0.2) is 0 Å². The fourth-order valence-electron chi connectivity index (χ4n) is 3.26. The lowest BCUT2D eigenvalue weighted by Gasteiger charge is -2.24. The molecule has 0 bridgehead atoms. The third-order valence-corrected chi connectivity index (χ3v) is 4.27. The average Bonchev–Trinajstić information content (AvgIpc) is 2.94. The number of likely N-dealkylation sites (tertiary alicyclic amines) is 1. The van der Waals surface area contributed by atoms with Crippen molar-refractivity contribution < 1.29 is 0 Å². The van der Waals surface area contributed by atoms with E-state index in [-0.39, 0.29) is 0 Å². The summed E-state index contributed by atoms with van der Waals surface area (Å²) in [5.74, 6) is 0.874. The van der Waals surface area contributed by atoms with E-state index in [4.69, 9.17) is 0 Å². The monoisotopic (exact) mass is 248 g/mol. The highest BCUT2D eigenvalue weighted by molar-refractivity contribution is 5.06. The molecule has 2 aliphatic rings. The number of nitrogens with zero attached hydrogens (tertiary/aromatic N) is 3. The molecule has 0 aliphatic carbocycles.